The first-order valence-electron chi connectivity index (χ1n) is 6.74. The van der Waals surface area contributed by atoms with Crippen LogP contribution in [0.5, 0.6) is 0 Å². The third kappa shape index (κ3) is 3.35. The Hall–Kier alpha value is -1.91. The van der Waals surface area contributed by atoms with Crippen molar-refractivity contribution in [3.8, 4) is 0 Å². The van der Waals surface area contributed by atoms with Crippen LogP contribution < -0.4 is 0 Å². The van der Waals surface area contributed by atoms with Crippen molar-refractivity contribution in [3.63, 3.8) is 0 Å². The van der Waals surface area contributed by atoms with E-state index in [-0.39, 0.29) is 18.2 Å². The fourth-order valence-electron chi connectivity index (χ4n) is 2.58. The van der Waals surface area contributed by atoms with E-state index in [1.54, 1.807) is 17.9 Å². The Balaban J connectivity index is 2.00. The molecule has 5 heteroatoms. The summed E-state index contributed by atoms with van der Waals surface area (Å²) in [7, 11) is 0. The van der Waals surface area contributed by atoms with E-state index in [9.17, 15) is 14.0 Å². The van der Waals surface area contributed by atoms with Crippen molar-refractivity contribution in [2.75, 3.05) is 13.1 Å². The number of carboxylic acids is 1. The first-order valence-corrected chi connectivity index (χ1v) is 6.74. The average molecular weight is 279 g/mol. The summed E-state index contributed by atoms with van der Waals surface area (Å²) in [6.45, 7) is 2.95. The van der Waals surface area contributed by atoms with E-state index in [0.29, 0.717) is 25.1 Å². The smallest absolute Gasteiger partial charge is 0.303 e. The number of carbonyl (C=O) groups is 2. The highest BCUT2D eigenvalue weighted by atomic mass is 19.1. The number of likely N-dealkylation sites (tertiary alicyclic amines) is 1. The van der Waals surface area contributed by atoms with Gasteiger partial charge in [-0.3, -0.25) is 9.59 Å². The van der Waals surface area contributed by atoms with Gasteiger partial charge in [0.15, 0.2) is 0 Å². The van der Waals surface area contributed by atoms with Crippen LogP contribution in [0.15, 0.2) is 18.2 Å². The lowest BCUT2D eigenvalue weighted by Gasteiger charge is -2.17. The molecule has 0 radical (unpaired) electrons. The Morgan fingerprint density at radius 3 is 2.90 bits per heavy atom. The van der Waals surface area contributed by atoms with Gasteiger partial charge in [-0.25, -0.2) is 4.39 Å². The summed E-state index contributed by atoms with van der Waals surface area (Å²) in [5.74, 6) is -1.17. The molecule has 1 aromatic carbocycles. The molecular formula is C15H18FNO3. The van der Waals surface area contributed by atoms with Crippen LogP contribution in [0.25, 0.3) is 0 Å². The maximum absolute atomic E-state index is 13.2. The molecule has 0 bridgehead atoms. The lowest BCUT2D eigenvalue weighted by atomic mass is 10.0. The van der Waals surface area contributed by atoms with Crippen LogP contribution in [0, 0.1) is 18.7 Å². The minimum Gasteiger partial charge on any atom is -0.481 e. The molecule has 1 N–H and O–H groups in total. The largest absolute Gasteiger partial charge is 0.481 e. The van der Waals surface area contributed by atoms with Crippen molar-refractivity contribution < 1.29 is 19.1 Å². The van der Waals surface area contributed by atoms with Crippen molar-refractivity contribution in [2.45, 2.75) is 26.2 Å². The molecule has 20 heavy (non-hydrogen) atoms. The van der Waals surface area contributed by atoms with Gasteiger partial charge in [-0.15, -0.1) is 0 Å². The number of halogens is 1. The van der Waals surface area contributed by atoms with Gasteiger partial charge in [-0.05, 0) is 43.4 Å². The Labute approximate surface area is 117 Å². The highest BCUT2D eigenvalue weighted by Crippen LogP contribution is 2.23. The molecular weight excluding hydrogens is 261 g/mol. The standard InChI is InChI=1S/C15H18FNO3/c1-10-2-4-12(16)8-13(10)15(20)17-7-6-11(9-17)3-5-14(18)19/h2,4,8,11H,3,5-7,9H2,1H3,(H,18,19). The normalized spacial score (nSPS) is 18.3. The summed E-state index contributed by atoms with van der Waals surface area (Å²) in [6, 6.07) is 4.20. The van der Waals surface area contributed by atoms with Crippen LogP contribution in [-0.2, 0) is 4.79 Å². The fraction of sp³-hybridized carbons (Fsp3) is 0.467. The van der Waals surface area contributed by atoms with E-state index in [2.05, 4.69) is 0 Å². The van der Waals surface area contributed by atoms with Crippen LogP contribution in [-0.4, -0.2) is 35.0 Å². The predicted molar refractivity (Wildman–Crippen MR) is 72.0 cm³/mol. The zero-order chi connectivity index (χ0) is 14.7. The van der Waals surface area contributed by atoms with Crippen molar-refractivity contribution in [3.05, 3.63) is 35.1 Å². The molecule has 2 rings (SSSR count). The summed E-state index contributed by atoms with van der Waals surface area (Å²) in [5.41, 5.74) is 1.15. The van der Waals surface area contributed by atoms with Gasteiger partial charge in [0.2, 0.25) is 0 Å². The number of amides is 1. The van der Waals surface area contributed by atoms with Gasteiger partial charge < -0.3 is 10.0 Å². The summed E-state index contributed by atoms with van der Waals surface area (Å²) in [4.78, 5) is 24.6. The highest BCUT2D eigenvalue weighted by Gasteiger charge is 2.27. The highest BCUT2D eigenvalue weighted by molar-refractivity contribution is 5.95. The lowest BCUT2D eigenvalue weighted by Crippen LogP contribution is -2.29. The minimum atomic E-state index is -0.809. The quantitative estimate of drug-likeness (QED) is 0.921. The van der Waals surface area contributed by atoms with E-state index in [0.717, 1.165) is 12.0 Å². The number of hydrogen-bond acceptors (Lipinski definition) is 2. The van der Waals surface area contributed by atoms with Crippen molar-refractivity contribution in [1.82, 2.24) is 4.90 Å². The molecule has 1 amide bonds. The zero-order valence-corrected chi connectivity index (χ0v) is 11.4. The van der Waals surface area contributed by atoms with Gasteiger partial charge >= 0.3 is 5.97 Å². The van der Waals surface area contributed by atoms with Crippen molar-refractivity contribution in [2.24, 2.45) is 5.92 Å². The Bertz CT molecular complexity index is 530. The third-order valence-corrected chi connectivity index (χ3v) is 3.77. The Kier molecular flexibility index (Phi) is 4.37. The van der Waals surface area contributed by atoms with Gasteiger partial charge in [-0.2, -0.15) is 0 Å². The topological polar surface area (TPSA) is 57.6 Å². The van der Waals surface area contributed by atoms with Crippen LogP contribution in [0.4, 0.5) is 4.39 Å². The first kappa shape index (κ1) is 14.5. The van der Waals surface area contributed by atoms with Gasteiger partial charge in [0.05, 0.1) is 0 Å². The molecule has 4 nitrogen and oxygen atoms in total. The maximum Gasteiger partial charge on any atom is 0.303 e. The number of benzene rings is 1. The molecule has 0 saturated carbocycles. The average Bonchev–Trinajstić information content (AvgIpc) is 2.87. The van der Waals surface area contributed by atoms with E-state index < -0.39 is 11.8 Å². The summed E-state index contributed by atoms with van der Waals surface area (Å²) in [5, 5.41) is 8.67. The van der Waals surface area contributed by atoms with Crippen LogP contribution in [0.2, 0.25) is 0 Å². The molecule has 0 aliphatic carbocycles. The van der Waals surface area contributed by atoms with Gasteiger partial charge in [-0.1, -0.05) is 6.07 Å². The number of nitrogens with zero attached hydrogens (tertiary/aromatic N) is 1. The number of aryl methyl sites for hydroxylation is 1. The summed E-state index contributed by atoms with van der Waals surface area (Å²) < 4.78 is 13.2. The monoisotopic (exact) mass is 279 g/mol. The van der Waals surface area contributed by atoms with E-state index in [4.69, 9.17) is 5.11 Å². The van der Waals surface area contributed by atoms with E-state index >= 15 is 0 Å². The lowest BCUT2D eigenvalue weighted by molar-refractivity contribution is -0.137. The fourth-order valence-corrected chi connectivity index (χ4v) is 2.58. The molecule has 1 fully saturated rings. The van der Waals surface area contributed by atoms with Crippen molar-refractivity contribution >= 4 is 11.9 Å². The number of aliphatic carboxylic acids is 1. The number of rotatable bonds is 4. The second-order valence-electron chi connectivity index (χ2n) is 5.30. The molecule has 108 valence electrons. The van der Waals surface area contributed by atoms with Gasteiger partial charge in [0.1, 0.15) is 5.82 Å². The minimum absolute atomic E-state index is 0.131. The SMILES string of the molecule is Cc1ccc(F)cc1C(=O)N1CCC(CCC(=O)O)C1. The molecule has 1 heterocycles. The second-order valence-corrected chi connectivity index (χ2v) is 5.30. The van der Waals surface area contributed by atoms with Crippen molar-refractivity contribution in [1.29, 1.82) is 0 Å². The summed E-state index contributed by atoms with van der Waals surface area (Å²) in [6.07, 6.45) is 1.53. The van der Waals surface area contributed by atoms with E-state index in [1.165, 1.54) is 12.1 Å². The predicted octanol–water partition coefficient (Wildman–Crippen LogP) is 2.46. The molecule has 1 unspecified atom stereocenters. The third-order valence-electron chi connectivity index (χ3n) is 3.77. The molecule has 0 spiro atoms. The number of carbonyl (C=O) groups excluding carboxylic acids is 1. The first-order chi connectivity index (χ1) is 9.47. The summed E-state index contributed by atoms with van der Waals surface area (Å²) >= 11 is 0. The molecule has 1 saturated heterocycles. The molecule has 1 aliphatic rings. The molecule has 0 aromatic heterocycles. The number of hydrogen-bond donors (Lipinski definition) is 1. The molecule has 1 aliphatic heterocycles. The van der Waals surface area contributed by atoms with Crippen LogP contribution in [0.1, 0.15) is 35.2 Å². The zero-order valence-electron chi connectivity index (χ0n) is 11.4. The maximum atomic E-state index is 13.2. The van der Waals surface area contributed by atoms with Crippen LogP contribution >= 0.6 is 0 Å². The second kappa shape index (κ2) is 6.03. The number of carboxylic acid groups (broad SMARTS) is 1. The van der Waals surface area contributed by atoms with Crippen LogP contribution in [0.3, 0.4) is 0 Å². The van der Waals surface area contributed by atoms with Gasteiger partial charge in [0, 0.05) is 25.1 Å². The Morgan fingerprint density at radius 1 is 1.45 bits per heavy atom. The molecule has 1 aromatic rings. The Morgan fingerprint density at radius 2 is 2.20 bits per heavy atom. The van der Waals surface area contributed by atoms with E-state index in [1.807, 2.05) is 0 Å². The van der Waals surface area contributed by atoms with Gasteiger partial charge in [0.25, 0.3) is 5.91 Å². The molecule has 1 atom stereocenters.